The van der Waals surface area contributed by atoms with Crippen molar-refractivity contribution in [2.45, 2.75) is 18.8 Å². The van der Waals surface area contributed by atoms with Gasteiger partial charge in [-0.05, 0) is 30.7 Å². The lowest BCUT2D eigenvalue weighted by molar-refractivity contribution is -0.113. The maximum Gasteiger partial charge on any atom is 0.277 e. The SMILES string of the molecule is Cc1ccccc1OCc1nnc(SCC(=O)Nc2nc(-c3ccc(Cl)cc3)cs2)o1. The molecule has 10 heteroatoms. The first-order chi connectivity index (χ1) is 15.1. The second-order valence-electron chi connectivity index (χ2n) is 6.40. The number of hydrogen-bond acceptors (Lipinski definition) is 8. The zero-order valence-electron chi connectivity index (χ0n) is 16.4. The van der Waals surface area contributed by atoms with E-state index in [-0.39, 0.29) is 18.3 Å². The summed E-state index contributed by atoms with van der Waals surface area (Å²) in [6.45, 7) is 2.13. The highest BCUT2D eigenvalue weighted by Gasteiger charge is 2.13. The van der Waals surface area contributed by atoms with Crippen molar-refractivity contribution in [1.29, 1.82) is 0 Å². The molecule has 0 fully saturated rings. The number of amides is 1. The Hall–Kier alpha value is -2.88. The van der Waals surface area contributed by atoms with E-state index in [1.165, 1.54) is 11.3 Å². The Morgan fingerprint density at radius 2 is 2.00 bits per heavy atom. The molecule has 1 amide bonds. The number of carbonyl (C=O) groups excluding carboxylic acids is 1. The smallest absolute Gasteiger partial charge is 0.277 e. The van der Waals surface area contributed by atoms with Crippen molar-refractivity contribution in [3.63, 3.8) is 0 Å². The number of thioether (sulfide) groups is 1. The number of thiazole rings is 1. The first-order valence-electron chi connectivity index (χ1n) is 9.22. The van der Waals surface area contributed by atoms with Crippen molar-refractivity contribution in [3.05, 3.63) is 70.4 Å². The number of nitrogens with one attached hydrogen (secondary N) is 1. The van der Waals surface area contributed by atoms with Crippen molar-refractivity contribution in [3.8, 4) is 17.0 Å². The van der Waals surface area contributed by atoms with Crippen LogP contribution in [0.2, 0.25) is 5.02 Å². The first kappa shape index (κ1) is 21.4. The molecule has 0 aliphatic carbocycles. The van der Waals surface area contributed by atoms with Gasteiger partial charge in [-0.3, -0.25) is 4.79 Å². The van der Waals surface area contributed by atoms with Crippen LogP contribution in [0.5, 0.6) is 5.75 Å². The summed E-state index contributed by atoms with van der Waals surface area (Å²) < 4.78 is 11.2. The predicted molar refractivity (Wildman–Crippen MR) is 122 cm³/mol. The number of aryl methyl sites for hydroxylation is 1. The summed E-state index contributed by atoms with van der Waals surface area (Å²) in [5.41, 5.74) is 2.73. The van der Waals surface area contributed by atoms with Crippen LogP contribution in [0.15, 0.2) is 63.6 Å². The van der Waals surface area contributed by atoms with Crippen LogP contribution in [0, 0.1) is 6.92 Å². The van der Waals surface area contributed by atoms with Crippen molar-refractivity contribution in [2.75, 3.05) is 11.1 Å². The minimum Gasteiger partial charge on any atom is -0.484 e. The third-order valence-electron chi connectivity index (χ3n) is 4.11. The molecule has 0 atom stereocenters. The van der Waals surface area contributed by atoms with Gasteiger partial charge in [0.2, 0.25) is 5.91 Å². The van der Waals surface area contributed by atoms with Crippen LogP contribution in [0.25, 0.3) is 11.3 Å². The van der Waals surface area contributed by atoms with Crippen molar-refractivity contribution >= 4 is 45.7 Å². The number of hydrogen-bond donors (Lipinski definition) is 1. The second kappa shape index (κ2) is 9.95. The minimum absolute atomic E-state index is 0.121. The van der Waals surface area contributed by atoms with Crippen LogP contribution in [0.4, 0.5) is 5.13 Å². The molecule has 158 valence electrons. The fraction of sp³-hybridized carbons (Fsp3) is 0.143. The number of anilines is 1. The molecule has 2 aromatic heterocycles. The van der Waals surface area contributed by atoms with Gasteiger partial charge >= 0.3 is 0 Å². The summed E-state index contributed by atoms with van der Waals surface area (Å²) in [5.74, 6) is 1.02. The number of ether oxygens (including phenoxy) is 1. The van der Waals surface area contributed by atoms with E-state index in [4.69, 9.17) is 20.8 Å². The quantitative estimate of drug-likeness (QED) is 0.340. The van der Waals surface area contributed by atoms with Crippen LogP contribution in [0.1, 0.15) is 11.5 Å². The summed E-state index contributed by atoms with van der Waals surface area (Å²) in [6.07, 6.45) is 0. The highest BCUT2D eigenvalue weighted by Crippen LogP contribution is 2.26. The van der Waals surface area contributed by atoms with E-state index in [1.807, 2.05) is 48.7 Å². The molecule has 0 spiro atoms. The standard InChI is InChI=1S/C21H17ClN4O3S2/c1-13-4-2-3-5-17(13)28-10-19-25-26-21(29-19)31-12-18(27)24-20-23-16(11-30-20)14-6-8-15(22)9-7-14/h2-9,11H,10,12H2,1H3,(H,23,24,27). The number of benzene rings is 2. The zero-order chi connectivity index (χ0) is 21.6. The lowest BCUT2D eigenvalue weighted by Gasteiger charge is -2.05. The van der Waals surface area contributed by atoms with Crippen LogP contribution in [-0.2, 0) is 11.4 Å². The minimum atomic E-state index is -0.210. The van der Waals surface area contributed by atoms with Gasteiger partial charge in [-0.15, -0.1) is 21.5 Å². The average Bonchev–Trinajstić information content (AvgIpc) is 3.42. The molecule has 0 unspecified atom stereocenters. The van der Waals surface area contributed by atoms with E-state index in [9.17, 15) is 4.79 Å². The number of carbonyl (C=O) groups is 1. The van der Waals surface area contributed by atoms with Gasteiger partial charge in [0.1, 0.15) is 5.75 Å². The highest BCUT2D eigenvalue weighted by atomic mass is 35.5. The Bertz CT molecular complexity index is 1180. The highest BCUT2D eigenvalue weighted by molar-refractivity contribution is 7.99. The van der Waals surface area contributed by atoms with Crippen molar-refractivity contribution in [2.24, 2.45) is 0 Å². The van der Waals surface area contributed by atoms with Gasteiger partial charge < -0.3 is 14.5 Å². The zero-order valence-corrected chi connectivity index (χ0v) is 18.8. The fourth-order valence-corrected chi connectivity index (χ4v) is 4.02. The summed E-state index contributed by atoms with van der Waals surface area (Å²) in [5, 5.41) is 14.0. The largest absolute Gasteiger partial charge is 0.484 e. The maximum atomic E-state index is 12.2. The normalized spacial score (nSPS) is 10.8. The number of nitrogens with zero attached hydrogens (tertiary/aromatic N) is 3. The summed E-state index contributed by atoms with van der Waals surface area (Å²) >= 11 is 8.42. The van der Waals surface area contributed by atoms with Gasteiger partial charge in [0, 0.05) is 16.0 Å². The van der Waals surface area contributed by atoms with Gasteiger partial charge in [-0.25, -0.2) is 4.98 Å². The van der Waals surface area contributed by atoms with E-state index in [2.05, 4.69) is 20.5 Å². The third kappa shape index (κ3) is 5.84. The molecule has 4 rings (SSSR count). The molecule has 0 saturated carbocycles. The van der Waals surface area contributed by atoms with Gasteiger partial charge in [-0.2, -0.15) is 0 Å². The lowest BCUT2D eigenvalue weighted by atomic mass is 10.2. The Balaban J connectivity index is 1.26. The predicted octanol–water partition coefficient (Wildman–Crippen LogP) is 5.46. The monoisotopic (exact) mass is 472 g/mol. The maximum absolute atomic E-state index is 12.2. The molecule has 2 aromatic carbocycles. The average molecular weight is 473 g/mol. The van der Waals surface area contributed by atoms with E-state index in [0.29, 0.717) is 21.3 Å². The van der Waals surface area contributed by atoms with Crippen LogP contribution < -0.4 is 10.1 Å². The van der Waals surface area contributed by atoms with E-state index >= 15 is 0 Å². The molecule has 31 heavy (non-hydrogen) atoms. The van der Waals surface area contributed by atoms with E-state index in [1.54, 1.807) is 12.1 Å². The van der Waals surface area contributed by atoms with Crippen LogP contribution >= 0.6 is 34.7 Å². The Morgan fingerprint density at radius 1 is 1.19 bits per heavy atom. The molecule has 0 aliphatic rings. The number of rotatable bonds is 8. The molecule has 4 aromatic rings. The topological polar surface area (TPSA) is 90.1 Å². The van der Waals surface area contributed by atoms with Gasteiger partial charge in [0.15, 0.2) is 11.7 Å². The van der Waals surface area contributed by atoms with Crippen molar-refractivity contribution < 1.29 is 13.9 Å². The molecule has 0 saturated heterocycles. The molecule has 7 nitrogen and oxygen atoms in total. The Morgan fingerprint density at radius 3 is 2.81 bits per heavy atom. The van der Waals surface area contributed by atoms with Gasteiger partial charge in [-0.1, -0.05) is 53.7 Å². The third-order valence-corrected chi connectivity index (χ3v) is 5.94. The molecule has 0 aliphatic heterocycles. The van der Waals surface area contributed by atoms with Gasteiger partial charge in [0.05, 0.1) is 11.4 Å². The van der Waals surface area contributed by atoms with Crippen LogP contribution in [0.3, 0.4) is 0 Å². The van der Waals surface area contributed by atoms with Crippen LogP contribution in [-0.4, -0.2) is 26.8 Å². The van der Waals surface area contributed by atoms with E-state index in [0.717, 1.165) is 34.3 Å². The molecule has 0 bridgehead atoms. The van der Waals surface area contributed by atoms with Crippen molar-refractivity contribution in [1.82, 2.24) is 15.2 Å². The second-order valence-corrected chi connectivity index (χ2v) is 8.62. The van der Waals surface area contributed by atoms with E-state index < -0.39 is 0 Å². The number of halogens is 1. The Labute approximate surface area is 191 Å². The first-order valence-corrected chi connectivity index (χ1v) is 11.5. The van der Waals surface area contributed by atoms with Gasteiger partial charge in [0.25, 0.3) is 11.1 Å². The molecular formula is C21H17ClN4O3S2. The lowest BCUT2D eigenvalue weighted by Crippen LogP contribution is -2.13. The summed E-state index contributed by atoms with van der Waals surface area (Å²) in [4.78, 5) is 16.7. The molecule has 2 heterocycles. The molecule has 0 radical (unpaired) electrons. The summed E-state index contributed by atoms with van der Waals surface area (Å²) in [7, 11) is 0. The number of aromatic nitrogens is 3. The number of para-hydroxylation sites is 1. The molecular weight excluding hydrogens is 456 g/mol. The summed E-state index contributed by atoms with van der Waals surface area (Å²) in [6, 6.07) is 15.1. The molecule has 1 N–H and O–H groups in total. The fourth-order valence-electron chi connectivity index (χ4n) is 2.58. The Kier molecular flexibility index (Phi) is 6.86.